The molecule has 1 aromatic rings. The highest BCUT2D eigenvalue weighted by atomic mass is 32.2. The lowest BCUT2D eigenvalue weighted by Crippen LogP contribution is -2.34. The molecule has 0 aliphatic rings. The van der Waals surface area contributed by atoms with Gasteiger partial charge in [0.2, 0.25) is 0 Å². The average molecular weight is 274 g/mol. The number of nitrogen functional groups attached to an aromatic ring is 1. The summed E-state index contributed by atoms with van der Waals surface area (Å²) in [6, 6.07) is 0. The molecule has 0 aromatic carbocycles. The van der Waals surface area contributed by atoms with E-state index in [-0.39, 0.29) is 11.5 Å². The van der Waals surface area contributed by atoms with Crippen molar-refractivity contribution in [3.05, 3.63) is 20.8 Å². The van der Waals surface area contributed by atoms with Gasteiger partial charge in [0.25, 0.3) is 5.56 Å². The van der Waals surface area contributed by atoms with Crippen LogP contribution >= 0.6 is 0 Å². The highest BCUT2D eigenvalue weighted by Gasteiger charge is 2.10. The van der Waals surface area contributed by atoms with E-state index in [1.54, 1.807) is 6.92 Å². The summed E-state index contributed by atoms with van der Waals surface area (Å²) in [6.45, 7) is 4.33. The van der Waals surface area contributed by atoms with Crippen molar-refractivity contribution in [1.82, 2.24) is 9.55 Å². The molecular formula is C10H18N4O3S. The molecule has 0 bridgehead atoms. The molecule has 1 atom stereocenters. The number of aromatic nitrogens is 2. The number of hydrogen-bond donors (Lipinski definition) is 3. The van der Waals surface area contributed by atoms with Gasteiger partial charge in [-0.15, -0.1) is 0 Å². The highest BCUT2D eigenvalue weighted by Crippen LogP contribution is 2.08. The van der Waals surface area contributed by atoms with Gasteiger partial charge in [0.05, 0.1) is 0 Å². The van der Waals surface area contributed by atoms with E-state index in [1.807, 2.05) is 6.92 Å². The number of hydrogen-bond acceptors (Lipinski definition) is 5. The molecule has 1 heterocycles. The van der Waals surface area contributed by atoms with Gasteiger partial charge in [-0.3, -0.25) is 18.6 Å². The molecule has 102 valence electrons. The van der Waals surface area contributed by atoms with Crippen LogP contribution in [0.1, 0.15) is 13.8 Å². The quantitative estimate of drug-likeness (QED) is 0.636. The minimum absolute atomic E-state index is 0.105. The van der Waals surface area contributed by atoms with Crippen molar-refractivity contribution in [2.45, 2.75) is 20.4 Å². The summed E-state index contributed by atoms with van der Waals surface area (Å²) in [5.41, 5.74) is 4.83. The van der Waals surface area contributed by atoms with Crippen molar-refractivity contribution in [2.24, 2.45) is 0 Å². The number of nitrogens with two attached hydrogens (primary N) is 1. The number of nitrogens with one attached hydrogen (secondary N) is 2. The predicted molar refractivity (Wildman–Crippen MR) is 73.4 cm³/mol. The second-order valence-electron chi connectivity index (χ2n) is 3.62. The van der Waals surface area contributed by atoms with Crippen molar-refractivity contribution in [2.75, 3.05) is 29.1 Å². The van der Waals surface area contributed by atoms with E-state index in [9.17, 15) is 13.8 Å². The van der Waals surface area contributed by atoms with Gasteiger partial charge < -0.3 is 11.1 Å². The Morgan fingerprint density at radius 2 is 2.06 bits per heavy atom. The minimum atomic E-state index is -0.909. The Morgan fingerprint density at radius 1 is 1.39 bits per heavy atom. The molecule has 4 N–H and O–H groups in total. The molecule has 0 amide bonds. The summed E-state index contributed by atoms with van der Waals surface area (Å²) in [6.07, 6.45) is 0. The van der Waals surface area contributed by atoms with Crippen molar-refractivity contribution < 1.29 is 4.21 Å². The monoisotopic (exact) mass is 274 g/mol. The smallest absolute Gasteiger partial charge is 0.330 e. The van der Waals surface area contributed by atoms with Gasteiger partial charge in [0, 0.05) is 35.4 Å². The largest absolute Gasteiger partial charge is 0.383 e. The Hall–Kier alpha value is -1.57. The van der Waals surface area contributed by atoms with E-state index in [1.165, 1.54) is 4.57 Å². The fraction of sp³-hybridized carbons (Fsp3) is 0.600. The van der Waals surface area contributed by atoms with Gasteiger partial charge in [-0.05, 0) is 6.92 Å². The summed E-state index contributed by atoms with van der Waals surface area (Å²) in [5, 5.41) is 2.83. The van der Waals surface area contributed by atoms with Crippen LogP contribution in [-0.2, 0) is 17.3 Å². The zero-order valence-electron chi connectivity index (χ0n) is 10.5. The molecule has 0 radical (unpaired) electrons. The van der Waals surface area contributed by atoms with Gasteiger partial charge in [-0.1, -0.05) is 6.92 Å². The Bertz CT molecular complexity index is 549. The van der Waals surface area contributed by atoms with E-state index in [0.29, 0.717) is 24.6 Å². The van der Waals surface area contributed by atoms with E-state index in [0.717, 1.165) is 0 Å². The Balaban J connectivity index is 2.93. The van der Waals surface area contributed by atoms with Crippen LogP contribution in [0.4, 0.5) is 11.5 Å². The molecule has 0 fully saturated rings. The molecule has 1 unspecified atom stereocenters. The van der Waals surface area contributed by atoms with Gasteiger partial charge in [-0.25, -0.2) is 4.79 Å². The summed E-state index contributed by atoms with van der Waals surface area (Å²) in [4.78, 5) is 25.2. The number of nitrogens with zero attached hydrogens (tertiary/aromatic N) is 1. The SMILES string of the molecule is CCn1c(N)c(NCCS(=O)CC)c(=O)[nH]c1=O. The van der Waals surface area contributed by atoms with E-state index >= 15 is 0 Å². The molecule has 8 heteroatoms. The number of H-pyrrole nitrogens is 1. The van der Waals surface area contributed by atoms with Crippen LogP contribution in [-0.4, -0.2) is 31.8 Å². The fourth-order valence-electron chi connectivity index (χ4n) is 1.51. The molecule has 0 aliphatic heterocycles. The zero-order valence-corrected chi connectivity index (χ0v) is 11.3. The Kier molecular flexibility index (Phi) is 5.14. The first kappa shape index (κ1) is 14.5. The van der Waals surface area contributed by atoms with Gasteiger partial charge in [0.1, 0.15) is 11.5 Å². The summed E-state index contributed by atoms with van der Waals surface area (Å²) < 4.78 is 12.5. The van der Waals surface area contributed by atoms with Crippen molar-refractivity contribution in [3.8, 4) is 0 Å². The summed E-state index contributed by atoms with van der Waals surface area (Å²) in [7, 11) is -0.909. The predicted octanol–water partition coefficient (Wildman–Crippen LogP) is -0.681. The normalized spacial score (nSPS) is 12.3. The van der Waals surface area contributed by atoms with Crippen LogP contribution in [0.25, 0.3) is 0 Å². The molecule has 0 spiro atoms. The number of rotatable bonds is 6. The van der Waals surface area contributed by atoms with Crippen LogP contribution in [0.5, 0.6) is 0 Å². The van der Waals surface area contributed by atoms with Gasteiger partial charge in [0.15, 0.2) is 0 Å². The first-order chi connectivity index (χ1) is 8.51. The molecule has 7 nitrogen and oxygen atoms in total. The minimum Gasteiger partial charge on any atom is -0.383 e. The van der Waals surface area contributed by atoms with Crippen molar-refractivity contribution >= 4 is 22.3 Å². The van der Waals surface area contributed by atoms with Crippen LogP contribution in [0.3, 0.4) is 0 Å². The maximum absolute atomic E-state index is 11.6. The van der Waals surface area contributed by atoms with Crippen LogP contribution in [0.2, 0.25) is 0 Å². The summed E-state index contributed by atoms with van der Waals surface area (Å²) >= 11 is 0. The maximum Gasteiger partial charge on any atom is 0.330 e. The Labute approximate surface area is 107 Å². The average Bonchev–Trinajstić information content (AvgIpc) is 2.33. The first-order valence-corrected chi connectivity index (χ1v) is 7.21. The van der Waals surface area contributed by atoms with Gasteiger partial charge in [-0.2, -0.15) is 0 Å². The zero-order chi connectivity index (χ0) is 13.7. The molecule has 0 saturated heterocycles. The third-order valence-corrected chi connectivity index (χ3v) is 3.81. The van der Waals surface area contributed by atoms with E-state index < -0.39 is 22.0 Å². The number of aromatic amines is 1. The second kappa shape index (κ2) is 6.39. The lowest BCUT2D eigenvalue weighted by Gasteiger charge is -2.12. The van der Waals surface area contributed by atoms with Crippen molar-refractivity contribution in [3.63, 3.8) is 0 Å². The highest BCUT2D eigenvalue weighted by molar-refractivity contribution is 7.84. The number of anilines is 2. The fourth-order valence-corrected chi connectivity index (χ4v) is 2.13. The van der Waals surface area contributed by atoms with Crippen LogP contribution < -0.4 is 22.3 Å². The molecule has 1 aromatic heterocycles. The first-order valence-electron chi connectivity index (χ1n) is 5.72. The molecule has 0 saturated carbocycles. The van der Waals surface area contributed by atoms with E-state index in [4.69, 9.17) is 5.73 Å². The Morgan fingerprint density at radius 3 is 2.61 bits per heavy atom. The molecular weight excluding hydrogens is 256 g/mol. The van der Waals surface area contributed by atoms with Crippen LogP contribution in [0.15, 0.2) is 9.59 Å². The van der Waals surface area contributed by atoms with E-state index in [2.05, 4.69) is 10.3 Å². The molecule has 18 heavy (non-hydrogen) atoms. The molecule has 0 aliphatic carbocycles. The second-order valence-corrected chi connectivity index (χ2v) is 5.49. The lowest BCUT2D eigenvalue weighted by molar-refractivity contribution is 0.683. The lowest BCUT2D eigenvalue weighted by atomic mass is 10.4. The third-order valence-electron chi connectivity index (χ3n) is 2.51. The molecule has 1 rings (SSSR count). The summed E-state index contributed by atoms with van der Waals surface area (Å²) in [5.74, 6) is 1.11. The standard InChI is InChI=1S/C10H18N4O3S/c1-3-14-8(11)7(9(15)13-10(14)16)12-5-6-18(17)4-2/h12H,3-6,11H2,1-2H3,(H,13,15,16). The topological polar surface area (TPSA) is 110 Å². The van der Waals surface area contributed by atoms with Gasteiger partial charge >= 0.3 is 5.69 Å². The maximum atomic E-state index is 11.6. The third kappa shape index (κ3) is 3.22. The van der Waals surface area contributed by atoms with Crippen LogP contribution in [0, 0.1) is 0 Å². The van der Waals surface area contributed by atoms with Crippen molar-refractivity contribution in [1.29, 1.82) is 0 Å².